The average molecular weight is 228 g/mol. The number of aliphatic hydroxyl groups excluding tert-OH is 1. The largest absolute Gasteiger partial charge is 0.396 e. The Hall–Kier alpha value is -0.120. The summed E-state index contributed by atoms with van der Waals surface area (Å²) in [6.45, 7) is 10.1. The Bertz CT molecular complexity index is 198. The Morgan fingerprint density at radius 1 is 1.38 bits per heavy atom. The molecule has 3 nitrogen and oxygen atoms in total. The van der Waals surface area contributed by atoms with Gasteiger partial charge in [-0.2, -0.15) is 0 Å². The Balaban J connectivity index is 2.27. The van der Waals surface area contributed by atoms with Crippen LogP contribution in [0.2, 0.25) is 0 Å². The fourth-order valence-electron chi connectivity index (χ4n) is 2.19. The predicted molar refractivity (Wildman–Crippen MR) is 68.6 cm³/mol. The summed E-state index contributed by atoms with van der Waals surface area (Å²) in [5, 5.41) is 12.8. The summed E-state index contributed by atoms with van der Waals surface area (Å²) in [4.78, 5) is 2.40. The average Bonchev–Trinajstić information content (AvgIpc) is 2.27. The number of hydrogen-bond donors (Lipinski definition) is 2. The molecule has 0 radical (unpaired) electrons. The molecule has 0 aromatic carbocycles. The van der Waals surface area contributed by atoms with Gasteiger partial charge in [0.1, 0.15) is 0 Å². The van der Waals surface area contributed by atoms with E-state index in [1.54, 1.807) is 0 Å². The van der Waals surface area contributed by atoms with Crippen LogP contribution in [-0.4, -0.2) is 49.3 Å². The maximum Gasteiger partial charge on any atom is 0.0494 e. The van der Waals surface area contributed by atoms with Crippen molar-refractivity contribution in [3.05, 3.63) is 0 Å². The summed E-state index contributed by atoms with van der Waals surface area (Å²) < 4.78 is 0. The Kier molecular flexibility index (Phi) is 5.22. The molecule has 1 saturated heterocycles. The molecule has 1 aliphatic rings. The van der Waals surface area contributed by atoms with E-state index in [2.05, 4.69) is 38.0 Å². The van der Waals surface area contributed by atoms with Crippen molar-refractivity contribution in [1.29, 1.82) is 0 Å². The minimum atomic E-state index is -0.000279. The monoisotopic (exact) mass is 228 g/mol. The van der Waals surface area contributed by atoms with E-state index in [0.717, 1.165) is 12.5 Å². The number of nitrogens with one attached hydrogen (secondary N) is 1. The van der Waals surface area contributed by atoms with Gasteiger partial charge in [0.15, 0.2) is 0 Å². The first-order chi connectivity index (χ1) is 7.44. The van der Waals surface area contributed by atoms with Gasteiger partial charge in [-0.05, 0) is 45.8 Å². The van der Waals surface area contributed by atoms with Gasteiger partial charge in [0.2, 0.25) is 0 Å². The molecule has 16 heavy (non-hydrogen) atoms. The van der Waals surface area contributed by atoms with Crippen LogP contribution in [0.25, 0.3) is 0 Å². The van der Waals surface area contributed by atoms with E-state index in [1.165, 1.54) is 25.9 Å². The fraction of sp³-hybridized carbons (Fsp3) is 1.00. The molecular formula is C13H28N2O. The zero-order valence-corrected chi connectivity index (χ0v) is 11.3. The SMILES string of the molecule is CC(NCC(C)(C)CO)C1CCN(C)CC1. The maximum atomic E-state index is 9.21. The van der Waals surface area contributed by atoms with E-state index in [0.29, 0.717) is 6.04 Å². The highest BCUT2D eigenvalue weighted by Gasteiger charge is 2.24. The van der Waals surface area contributed by atoms with Crippen LogP contribution in [0.3, 0.4) is 0 Å². The molecular weight excluding hydrogens is 200 g/mol. The molecule has 2 N–H and O–H groups in total. The number of hydrogen-bond acceptors (Lipinski definition) is 3. The summed E-state index contributed by atoms with van der Waals surface area (Å²) >= 11 is 0. The number of likely N-dealkylation sites (tertiary alicyclic amines) is 1. The summed E-state index contributed by atoms with van der Waals surface area (Å²) in [5.41, 5.74) is -0.000279. The minimum absolute atomic E-state index is 0.000279. The van der Waals surface area contributed by atoms with Crippen molar-refractivity contribution in [3.8, 4) is 0 Å². The van der Waals surface area contributed by atoms with Gasteiger partial charge in [-0.25, -0.2) is 0 Å². The lowest BCUT2D eigenvalue weighted by atomic mass is 9.89. The molecule has 0 amide bonds. The highest BCUT2D eigenvalue weighted by atomic mass is 16.3. The van der Waals surface area contributed by atoms with E-state index < -0.39 is 0 Å². The Labute approximate surface area is 100 Å². The van der Waals surface area contributed by atoms with Crippen LogP contribution in [0, 0.1) is 11.3 Å². The summed E-state index contributed by atoms with van der Waals surface area (Å²) in [6, 6.07) is 0.569. The second-order valence-electron chi connectivity index (χ2n) is 6.13. The third-order valence-electron chi connectivity index (χ3n) is 3.80. The lowest BCUT2D eigenvalue weighted by Crippen LogP contribution is -2.44. The van der Waals surface area contributed by atoms with Crippen molar-refractivity contribution in [2.24, 2.45) is 11.3 Å². The van der Waals surface area contributed by atoms with E-state index in [1.807, 2.05) is 0 Å². The summed E-state index contributed by atoms with van der Waals surface area (Å²) in [6.07, 6.45) is 2.59. The van der Waals surface area contributed by atoms with E-state index in [-0.39, 0.29) is 12.0 Å². The molecule has 1 rings (SSSR count). The van der Waals surface area contributed by atoms with Crippen LogP contribution in [0.4, 0.5) is 0 Å². The molecule has 0 aromatic heterocycles. The summed E-state index contributed by atoms with van der Waals surface area (Å²) in [7, 11) is 2.20. The highest BCUT2D eigenvalue weighted by molar-refractivity contribution is 4.80. The molecule has 96 valence electrons. The van der Waals surface area contributed by atoms with Gasteiger partial charge in [0.25, 0.3) is 0 Å². The molecule has 0 saturated carbocycles. The van der Waals surface area contributed by atoms with E-state index in [9.17, 15) is 5.11 Å². The molecule has 0 spiro atoms. The first-order valence-corrected chi connectivity index (χ1v) is 6.47. The predicted octanol–water partition coefficient (Wildman–Crippen LogP) is 1.32. The lowest BCUT2D eigenvalue weighted by Gasteiger charge is -2.34. The number of piperidine rings is 1. The number of rotatable bonds is 5. The van der Waals surface area contributed by atoms with Gasteiger partial charge in [0, 0.05) is 24.6 Å². The van der Waals surface area contributed by atoms with Crippen molar-refractivity contribution >= 4 is 0 Å². The topological polar surface area (TPSA) is 35.5 Å². The normalized spacial score (nSPS) is 22.3. The second kappa shape index (κ2) is 5.99. The smallest absolute Gasteiger partial charge is 0.0494 e. The first kappa shape index (κ1) is 13.9. The van der Waals surface area contributed by atoms with Crippen LogP contribution < -0.4 is 5.32 Å². The molecule has 0 aliphatic carbocycles. The Morgan fingerprint density at radius 3 is 2.44 bits per heavy atom. The summed E-state index contributed by atoms with van der Waals surface area (Å²) in [5.74, 6) is 0.797. The zero-order valence-electron chi connectivity index (χ0n) is 11.3. The van der Waals surface area contributed by atoms with Crippen molar-refractivity contribution in [2.75, 3.05) is 33.3 Å². The standard InChI is InChI=1S/C13H28N2O/c1-11(14-9-13(2,3)10-16)12-5-7-15(4)8-6-12/h11-12,14,16H,5-10H2,1-4H3. The maximum absolute atomic E-state index is 9.21. The number of aliphatic hydroxyl groups is 1. The molecule has 1 unspecified atom stereocenters. The van der Waals surface area contributed by atoms with Crippen LogP contribution in [0.1, 0.15) is 33.6 Å². The van der Waals surface area contributed by atoms with Crippen LogP contribution in [-0.2, 0) is 0 Å². The van der Waals surface area contributed by atoms with Crippen molar-refractivity contribution in [1.82, 2.24) is 10.2 Å². The van der Waals surface area contributed by atoms with Gasteiger partial charge < -0.3 is 15.3 Å². The van der Waals surface area contributed by atoms with Crippen LogP contribution in [0.5, 0.6) is 0 Å². The molecule has 1 aliphatic heterocycles. The first-order valence-electron chi connectivity index (χ1n) is 6.47. The number of nitrogens with zero attached hydrogens (tertiary/aromatic N) is 1. The molecule has 1 heterocycles. The minimum Gasteiger partial charge on any atom is -0.396 e. The van der Waals surface area contributed by atoms with Crippen LogP contribution in [0.15, 0.2) is 0 Å². The van der Waals surface area contributed by atoms with Crippen LogP contribution >= 0.6 is 0 Å². The second-order valence-corrected chi connectivity index (χ2v) is 6.13. The lowest BCUT2D eigenvalue weighted by molar-refractivity contribution is 0.139. The molecule has 1 fully saturated rings. The van der Waals surface area contributed by atoms with E-state index >= 15 is 0 Å². The van der Waals surface area contributed by atoms with Gasteiger partial charge in [-0.1, -0.05) is 13.8 Å². The van der Waals surface area contributed by atoms with Crippen molar-refractivity contribution < 1.29 is 5.11 Å². The third kappa shape index (κ3) is 4.40. The van der Waals surface area contributed by atoms with Gasteiger partial charge >= 0.3 is 0 Å². The fourth-order valence-corrected chi connectivity index (χ4v) is 2.19. The zero-order chi connectivity index (χ0) is 12.2. The highest BCUT2D eigenvalue weighted by Crippen LogP contribution is 2.20. The molecule has 0 aromatic rings. The third-order valence-corrected chi connectivity index (χ3v) is 3.80. The molecule has 1 atom stereocenters. The van der Waals surface area contributed by atoms with Gasteiger partial charge in [0.05, 0.1) is 0 Å². The van der Waals surface area contributed by atoms with E-state index in [4.69, 9.17) is 0 Å². The Morgan fingerprint density at radius 2 is 1.94 bits per heavy atom. The van der Waals surface area contributed by atoms with Gasteiger partial charge in [-0.3, -0.25) is 0 Å². The van der Waals surface area contributed by atoms with Crippen molar-refractivity contribution in [3.63, 3.8) is 0 Å². The van der Waals surface area contributed by atoms with Gasteiger partial charge in [-0.15, -0.1) is 0 Å². The molecule has 3 heteroatoms. The molecule has 0 bridgehead atoms. The van der Waals surface area contributed by atoms with Crippen molar-refractivity contribution in [2.45, 2.75) is 39.7 Å². The quantitative estimate of drug-likeness (QED) is 0.745.